The van der Waals surface area contributed by atoms with E-state index in [1.54, 1.807) is 6.21 Å². The fourth-order valence-corrected chi connectivity index (χ4v) is 9.03. The summed E-state index contributed by atoms with van der Waals surface area (Å²) in [6.07, 6.45) is 5.95. The SMILES string of the molecule is CC1(C)c2ccccc2C2(C3=C(C=C(c4cccc(-c5ccc(-c6ccccc6)cc5)c4)CC3)c3c(C=N)cccc32)c2ccccc21. The van der Waals surface area contributed by atoms with E-state index in [4.69, 9.17) is 5.41 Å². The van der Waals surface area contributed by atoms with Crippen LogP contribution in [0.1, 0.15) is 71.2 Å². The minimum Gasteiger partial charge on any atom is -0.308 e. The number of allylic oxidation sites excluding steroid dienone is 4. The van der Waals surface area contributed by atoms with Gasteiger partial charge in [0.25, 0.3) is 0 Å². The van der Waals surface area contributed by atoms with E-state index < -0.39 is 0 Å². The van der Waals surface area contributed by atoms with E-state index in [2.05, 4.69) is 166 Å². The molecule has 1 heteroatoms. The number of hydrogen-bond donors (Lipinski definition) is 1. The van der Waals surface area contributed by atoms with Crippen molar-refractivity contribution in [2.75, 3.05) is 0 Å². The van der Waals surface area contributed by atoms with Gasteiger partial charge in [0.1, 0.15) is 0 Å². The van der Waals surface area contributed by atoms with Gasteiger partial charge in [0.15, 0.2) is 0 Å². The van der Waals surface area contributed by atoms with Crippen molar-refractivity contribution in [2.45, 2.75) is 37.5 Å². The molecule has 0 aliphatic heterocycles. The normalized spacial score (nSPS) is 16.4. The zero-order valence-corrected chi connectivity index (χ0v) is 27.4. The molecule has 0 heterocycles. The average molecular weight is 616 g/mol. The largest absolute Gasteiger partial charge is 0.308 e. The van der Waals surface area contributed by atoms with Crippen molar-refractivity contribution < 1.29 is 0 Å². The molecule has 0 aromatic heterocycles. The molecule has 0 amide bonds. The Labute approximate surface area is 283 Å². The maximum Gasteiger partial charge on any atom is 0.0682 e. The molecule has 1 spiro atoms. The lowest BCUT2D eigenvalue weighted by molar-refractivity contribution is 0.550. The molecule has 0 radical (unpaired) electrons. The summed E-state index contributed by atoms with van der Waals surface area (Å²) in [7, 11) is 0. The number of fused-ring (bicyclic) bond motifs is 8. The summed E-state index contributed by atoms with van der Waals surface area (Å²) in [5, 5.41) is 8.51. The Morgan fingerprint density at radius 1 is 0.500 bits per heavy atom. The molecule has 3 aliphatic carbocycles. The third-order valence-electron chi connectivity index (χ3n) is 11.2. The van der Waals surface area contributed by atoms with Crippen LogP contribution in [0.4, 0.5) is 0 Å². The van der Waals surface area contributed by atoms with Gasteiger partial charge in [0.05, 0.1) is 5.41 Å². The lowest BCUT2D eigenvalue weighted by Gasteiger charge is -2.48. The summed E-state index contributed by atoms with van der Waals surface area (Å²) in [4.78, 5) is 0. The number of hydrogen-bond acceptors (Lipinski definition) is 1. The third-order valence-corrected chi connectivity index (χ3v) is 11.2. The summed E-state index contributed by atoms with van der Waals surface area (Å²) in [6.45, 7) is 4.75. The first-order chi connectivity index (χ1) is 23.5. The molecular weight excluding hydrogens is 579 g/mol. The van der Waals surface area contributed by atoms with Gasteiger partial charge in [-0.1, -0.05) is 159 Å². The lowest BCUT2D eigenvalue weighted by atomic mass is 9.54. The lowest BCUT2D eigenvalue weighted by Crippen LogP contribution is -2.41. The van der Waals surface area contributed by atoms with Crippen molar-refractivity contribution in [2.24, 2.45) is 0 Å². The molecule has 6 aromatic carbocycles. The van der Waals surface area contributed by atoms with Crippen molar-refractivity contribution in [1.82, 2.24) is 0 Å². The Bertz CT molecular complexity index is 2260. The topological polar surface area (TPSA) is 23.9 Å². The summed E-state index contributed by atoms with van der Waals surface area (Å²) in [5.74, 6) is 0. The average Bonchev–Trinajstić information content (AvgIpc) is 3.45. The summed E-state index contributed by atoms with van der Waals surface area (Å²) in [6, 6.07) is 53.4. The molecule has 0 saturated carbocycles. The van der Waals surface area contributed by atoms with Crippen LogP contribution in [-0.4, -0.2) is 6.21 Å². The van der Waals surface area contributed by atoms with Gasteiger partial charge in [0, 0.05) is 17.2 Å². The number of nitrogens with one attached hydrogen (secondary N) is 1. The predicted molar refractivity (Wildman–Crippen MR) is 201 cm³/mol. The first-order valence-corrected chi connectivity index (χ1v) is 17.1. The highest BCUT2D eigenvalue weighted by molar-refractivity contribution is 6.02. The van der Waals surface area contributed by atoms with Crippen LogP contribution in [0.25, 0.3) is 33.4 Å². The zero-order chi connectivity index (χ0) is 32.5. The van der Waals surface area contributed by atoms with E-state index in [0.29, 0.717) is 0 Å². The van der Waals surface area contributed by atoms with Crippen molar-refractivity contribution >= 4 is 17.4 Å². The molecular formula is C47H37N. The second-order valence-corrected chi connectivity index (χ2v) is 14.0. The quantitative estimate of drug-likeness (QED) is 0.191. The molecule has 9 rings (SSSR count). The molecule has 6 aromatic rings. The van der Waals surface area contributed by atoms with E-state index in [-0.39, 0.29) is 10.8 Å². The van der Waals surface area contributed by atoms with Crippen LogP contribution in [0.15, 0.2) is 157 Å². The highest BCUT2D eigenvalue weighted by Gasteiger charge is 2.54. The third kappa shape index (κ3) is 4.00. The van der Waals surface area contributed by atoms with E-state index in [1.165, 1.54) is 77.9 Å². The van der Waals surface area contributed by atoms with Crippen LogP contribution >= 0.6 is 0 Å². The van der Waals surface area contributed by atoms with Gasteiger partial charge < -0.3 is 5.41 Å². The Morgan fingerprint density at radius 2 is 1.02 bits per heavy atom. The van der Waals surface area contributed by atoms with E-state index in [9.17, 15) is 0 Å². The van der Waals surface area contributed by atoms with Crippen LogP contribution in [0.3, 0.4) is 0 Å². The van der Waals surface area contributed by atoms with Gasteiger partial charge in [-0.3, -0.25) is 0 Å². The highest BCUT2D eigenvalue weighted by Crippen LogP contribution is 2.63. The molecule has 0 bridgehead atoms. The number of rotatable bonds is 4. The van der Waals surface area contributed by atoms with Crippen LogP contribution in [0.5, 0.6) is 0 Å². The second kappa shape index (κ2) is 10.8. The van der Waals surface area contributed by atoms with Gasteiger partial charge in [0.2, 0.25) is 0 Å². The smallest absolute Gasteiger partial charge is 0.0682 e. The Kier molecular flexibility index (Phi) is 6.42. The summed E-state index contributed by atoms with van der Waals surface area (Å²) in [5.41, 5.74) is 18.9. The maximum atomic E-state index is 8.51. The molecule has 0 fully saturated rings. The first kappa shape index (κ1) is 28.7. The first-order valence-electron chi connectivity index (χ1n) is 17.1. The van der Waals surface area contributed by atoms with Crippen LogP contribution in [-0.2, 0) is 10.8 Å². The molecule has 0 atom stereocenters. The molecule has 3 aliphatic rings. The van der Waals surface area contributed by atoms with Gasteiger partial charge in [-0.15, -0.1) is 0 Å². The van der Waals surface area contributed by atoms with Crippen molar-refractivity contribution in [3.63, 3.8) is 0 Å². The fourth-order valence-electron chi connectivity index (χ4n) is 9.03. The molecule has 0 saturated heterocycles. The van der Waals surface area contributed by atoms with Gasteiger partial charge in [-0.25, -0.2) is 0 Å². The maximum absolute atomic E-state index is 8.51. The van der Waals surface area contributed by atoms with Crippen LogP contribution < -0.4 is 0 Å². The highest BCUT2D eigenvalue weighted by atomic mass is 14.6. The molecule has 48 heavy (non-hydrogen) atoms. The van der Waals surface area contributed by atoms with Crippen molar-refractivity contribution in [3.05, 3.63) is 202 Å². The van der Waals surface area contributed by atoms with Crippen molar-refractivity contribution in [1.29, 1.82) is 5.41 Å². The molecule has 1 N–H and O–H groups in total. The standard InChI is InChI=1S/C47H37N/c1-46(2)40-17-6-8-19-42(40)47(43-20-9-7-18-41(43)46)39-27-26-36(29-38(39)45-37(30-48)16-11-21-44(45)47)35-15-10-14-34(28-35)33-24-22-32(23-25-33)31-12-4-3-5-13-31/h3-25,28-30,48H,26-27H2,1-2H3. The van der Waals surface area contributed by atoms with Crippen LogP contribution in [0.2, 0.25) is 0 Å². The van der Waals surface area contributed by atoms with Gasteiger partial charge in [-0.05, 0) is 96.8 Å². The minimum atomic E-state index is -0.378. The van der Waals surface area contributed by atoms with E-state index >= 15 is 0 Å². The Morgan fingerprint density at radius 3 is 1.69 bits per heavy atom. The molecule has 1 nitrogen and oxygen atoms in total. The van der Waals surface area contributed by atoms with Crippen molar-refractivity contribution in [3.8, 4) is 22.3 Å². The van der Waals surface area contributed by atoms with Gasteiger partial charge >= 0.3 is 0 Å². The Hall–Kier alpha value is -5.53. The summed E-state index contributed by atoms with van der Waals surface area (Å²) >= 11 is 0. The molecule has 230 valence electrons. The summed E-state index contributed by atoms with van der Waals surface area (Å²) < 4.78 is 0. The monoisotopic (exact) mass is 615 g/mol. The minimum absolute atomic E-state index is 0.115. The van der Waals surface area contributed by atoms with E-state index in [1.807, 2.05) is 0 Å². The predicted octanol–water partition coefficient (Wildman–Crippen LogP) is 11.6. The number of benzene rings is 6. The zero-order valence-electron chi connectivity index (χ0n) is 27.4. The second-order valence-electron chi connectivity index (χ2n) is 14.0. The van der Waals surface area contributed by atoms with E-state index in [0.717, 1.165) is 18.4 Å². The van der Waals surface area contributed by atoms with Gasteiger partial charge in [-0.2, -0.15) is 0 Å². The molecule has 0 unspecified atom stereocenters. The Balaban J connectivity index is 1.22. The van der Waals surface area contributed by atoms with Crippen LogP contribution in [0, 0.1) is 5.41 Å². The fraction of sp³-hybridized carbons (Fsp3) is 0.128.